The van der Waals surface area contributed by atoms with Crippen molar-refractivity contribution in [3.8, 4) is 11.5 Å². The number of carbonyl (C=O) groups excluding carboxylic acids is 1. The van der Waals surface area contributed by atoms with Crippen molar-refractivity contribution in [3.63, 3.8) is 0 Å². The van der Waals surface area contributed by atoms with Crippen LogP contribution in [0.4, 0.5) is 11.7 Å². The van der Waals surface area contributed by atoms with E-state index >= 15 is 0 Å². The number of aromatic nitrogens is 2. The van der Waals surface area contributed by atoms with E-state index in [1.165, 1.54) is 24.3 Å². The summed E-state index contributed by atoms with van der Waals surface area (Å²) >= 11 is 0. The lowest BCUT2D eigenvalue weighted by molar-refractivity contribution is -0.384. The van der Waals surface area contributed by atoms with Gasteiger partial charge in [-0.2, -0.15) is 0 Å². The van der Waals surface area contributed by atoms with Crippen molar-refractivity contribution in [1.82, 2.24) is 10.2 Å². The number of hydrogen-bond donors (Lipinski definition) is 1. The van der Waals surface area contributed by atoms with Crippen LogP contribution in [0.2, 0.25) is 0 Å². The summed E-state index contributed by atoms with van der Waals surface area (Å²) < 4.78 is 16.0. The Bertz CT molecular complexity index is 1010. The SMILES string of the molecule is O=C(Nc1nnc(Cc2ccc3c(c2)OCO3)o1)c1ccc([N+](=O)[O-])cc1. The fraction of sp³-hybridized carbons (Fsp3) is 0.118. The quantitative estimate of drug-likeness (QED) is 0.537. The Kier molecular flexibility index (Phi) is 4.13. The lowest BCUT2D eigenvalue weighted by Crippen LogP contribution is -2.12. The number of rotatable bonds is 5. The van der Waals surface area contributed by atoms with Gasteiger partial charge in [-0.25, -0.2) is 0 Å². The smallest absolute Gasteiger partial charge is 0.322 e. The second-order valence-corrected chi connectivity index (χ2v) is 5.62. The molecule has 4 rings (SSSR count). The number of nitrogens with one attached hydrogen (secondary N) is 1. The van der Waals surface area contributed by atoms with Gasteiger partial charge in [-0.1, -0.05) is 11.2 Å². The molecule has 0 atom stereocenters. The highest BCUT2D eigenvalue weighted by molar-refractivity contribution is 6.03. The zero-order chi connectivity index (χ0) is 18.8. The highest BCUT2D eigenvalue weighted by atomic mass is 16.7. The highest BCUT2D eigenvalue weighted by Gasteiger charge is 2.16. The molecule has 27 heavy (non-hydrogen) atoms. The zero-order valence-corrected chi connectivity index (χ0v) is 13.7. The predicted molar refractivity (Wildman–Crippen MR) is 90.7 cm³/mol. The second-order valence-electron chi connectivity index (χ2n) is 5.62. The van der Waals surface area contributed by atoms with Crippen molar-refractivity contribution < 1.29 is 23.6 Å². The number of non-ortho nitro benzene ring substituents is 1. The third kappa shape index (κ3) is 3.54. The first-order valence-corrected chi connectivity index (χ1v) is 7.85. The van der Waals surface area contributed by atoms with E-state index in [1.807, 2.05) is 12.1 Å². The average molecular weight is 368 g/mol. The van der Waals surface area contributed by atoms with Crippen LogP contribution in [0.5, 0.6) is 11.5 Å². The summed E-state index contributed by atoms with van der Waals surface area (Å²) in [4.78, 5) is 22.3. The monoisotopic (exact) mass is 368 g/mol. The van der Waals surface area contributed by atoms with Crippen LogP contribution >= 0.6 is 0 Å². The van der Waals surface area contributed by atoms with Gasteiger partial charge in [0.15, 0.2) is 11.5 Å². The predicted octanol–water partition coefficient (Wildman–Crippen LogP) is 2.55. The number of ether oxygens (including phenoxy) is 2. The topological polar surface area (TPSA) is 130 Å². The normalized spacial score (nSPS) is 12.0. The molecule has 0 spiro atoms. The molecule has 136 valence electrons. The largest absolute Gasteiger partial charge is 0.454 e. The molecule has 0 fully saturated rings. The molecule has 1 amide bonds. The molecule has 2 aromatic carbocycles. The van der Waals surface area contributed by atoms with Crippen LogP contribution in [-0.2, 0) is 6.42 Å². The molecule has 0 aliphatic carbocycles. The second kappa shape index (κ2) is 6.75. The summed E-state index contributed by atoms with van der Waals surface area (Å²) in [5.41, 5.74) is 1.02. The van der Waals surface area contributed by atoms with Gasteiger partial charge < -0.3 is 13.9 Å². The Morgan fingerprint density at radius 1 is 1.11 bits per heavy atom. The minimum absolute atomic E-state index is 0.0610. The standard InChI is InChI=1S/C17H12N4O6/c22-16(11-2-4-12(5-3-11)21(23)24)18-17-20-19-15(27-17)8-10-1-6-13-14(7-10)26-9-25-13/h1-7H,8-9H2,(H,18,20,22). The van der Waals surface area contributed by atoms with Gasteiger partial charge in [0.25, 0.3) is 11.6 Å². The molecule has 0 radical (unpaired) electrons. The van der Waals surface area contributed by atoms with Gasteiger partial charge in [0, 0.05) is 17.7 Å². The highest BCUT2D eigenvalue weighted by Crippen LogP contribution is 2.33. The molecular formula is C17H12N4O6. The summed E-state index contributed by atoms with van der Waals surface area (Å²) in [6.45, 7) is 0.193. The fourth-order valence-corrected chi connectivity index (χ4v) is 2.50. The molecule has 1 aromatic heterocycles. The number of nitro benzene ring substituents is 1. The molecule has 10 nitrogen and oxygen atoms in total. The number of amides is 1. The average Bonchev–Trinajstić information content (AvgIpc) is 3.30. The molecule has 0 saturated heterocycles. The van der Waals surface area contributed by atoms with Crippen molar-refractivity contribution in [2.45, 2.75) is 6.42 Å². The van der Waals surface area contributed by atoms with Gasteiger partial charge in [-0.15, -0.1) is 5.10 Å². The van der Waals surface area contributed by atoms with E-state index in [0.29, 0.717) is 23.8 Å². The van der Waals surface area contributed by atoms with Gasteiger partial charge in [-0.3, -0.25) is 20.2 Å². The molecule has 10 heteroatoms. The van der Waals surface area contributed by atoms with Crippen LogP contribution in [0.3, 0.4) is 0 Å². The van der Waals surface area contributed by atoms with Crippen LogP contribution in [0.15, 0.2) is 46.9 Å². The third-order valence-corrected chi connectivity index (χ3v) is 3.82. The van der Waals surface area contributed by atoms with E-state index in [2.05, 4.69) is 15.5 Å². The molecule has 1 N–H and O–H groups in total. The maximum absolute atomic E-state index is 12.2. The van der Waals surface area contributed by atoms with Gasteiger partial charge in [0.2, 0.25) is 12.7 Å². The number of hydrogen-bond acceptors (Lipinski definition) is 8. The zero-order valence-electron chi connectivity index (χ0n) is 13.7. The number of benzene rings is 2. The lowest BCUT2D eigenvalue weighted by Gasteiger charge is -2.01. The van der Waals surface area contributed by atoms with Crippen molar-refractivity contribution >= 4 is 17.6 Å². The van der Waals surface area contributed by atoms with Crippen LogP contribution < -0.4 is 14.8 Å². The number of fused-ring (bicyclic) bond motifs is 1. The minimum Gasteiger partial charge on any atom is -0.454 e. The van der Waals surface area contributed by atoms with E-state index in [9.17, 15) is 14.9 Å². The van der Waals surface area contributed by atoms with E-state index < -0.39 is 10.8 Å². The first kappa shape index (κ1) is 16.5. The van der Waals surface area contributed by atoms with Gasteiger partial charge in [-0.05, 0) is 29.8 Å². The number of nitro groups is 1. The molecule has 0 unspecified atom stereocenters. The Hall–Kier alpha value is -3.95. The van der Waals surface area contributed by atoms with Gasteiger partial charge >= 0.3 is 6.01 Å². The van der Waals surface area contributed by atoms with Crippen molar-refractivity contribution in [2.75, 3.05) is 12.1 Å². The van der Waals surface area contributed by atoms with Crippen LogP contribution in [0.25, 0.3) is 0 Å². The van der Waals surface area contributed by atoms with Crippen LogP contribution in [0, 0.1) is 10.1 Å². The Morgan fingerprint density at radius 3 is 2.67 bits per heavy atom. The molecule has 1 aliphatic heterocycles. The van der Waals surface area contributed by atoms with Gasteiger partial charge in [0.1, 0.15) is 0 Å². The molecule has 2 heterocycles. The maximum Gasteiger partial charge on any atom is 0.322 e. The van der Waals surface area contributed by atoms with Crippen molar-refractivity contribution in [1.29, 1.82) is 0 Å². The van der Waals surface area contributed by atoms with Gasteiger partial charge in [0.05, 0.1) is 11.3 Å². The summed E-state index contributed by atoms with van der Waals surface area (Å²) in [5.74, 6) is 1.13. The number of carbonyl (C=O) groups is 1. The van der Waals surface area contributed by atoms with Crippen molar-refractivity contribution in [2.24, 2.45) is 0 Å². The molecule has 1 aliphatic rings. The minimum atomic E-state index is -0.540. The molecule has 0 saturated carbocycles. The first-order valence-electron chi connectivity index (χ1n) is 7.85. The van der Waals surface area contributed by atoms with Crippen LogP contribution in [-0.4, -0.2) is 27.8 Å². The maximum atomic E-state index is 12.2. The summed E-state index contributed by atoms with van der Waals surface area (Å²) in [6.07, 6.45) is 0.358. The molecule has 3 aromatic rings. The summed E-state index contributed by atoms with van der Waals surface area (Å²) in [6, 6.07) is 10.6. The van der Waals surface area contributed by atoms with E-state index in [-0.39, 0.29) is 24.1 Å². The van der Waals surface area contributed by atoms with E-state index in [4.69, 9.17) is 13.9 Å². The van der Waals surface area contributed by atoms with E-state index in [1.54, 1.807) is 6.07 Å². The Morgan fingerprint density at radius 2 is 1.89 bits per heavy atom. The Labute approximate surface area is 151 Å². The van der Waals surface area contributed by atoms with Crippen LogP contribution in [0.1, 0.15) is 21.8 Å². The number of nitrogens with zero attached hydrogens (tertiary/aromatic N) is 3. The lowest BCUT2D eigenvalue weighted by atomic mass is 10.1. The fourth-order valence-electron chi connectivity index (χ4n) is 2.50. The molecule has 0 bridgehead atoms. The third-order valence-electron chi connectivity index (χ3n) is 3.82. The number of anilines is 1. The summed E-state index contributed by atoms with van der Waals surface area (Å²) in [7, 11) is 0. The first-order chi connectivity index (χ1) is 13.1. The van der Waals surface area contributed by atoms with Crippen molar-refractivity contribution in [3.05, 3.63) is 69.6 Å². The van der Waals surface area contributed by atoms with E-state index in [0.717, 1.165) is 5.56 Å². The summed E-state index contributed by atoms with van der Waals surface area (Å²) in [5, 5.41) is 20.8. The Balaban J connectivity index is 1.41. The molecular weight excluding hydrogens is 356 g/mol.